The average Bonchev–Trinajstić information content (AvgIpc) is 3.01. The number of methoxy groups -OCH3 is 1. The first-order valence-corrected chi connectivity index (χ1v) is 12.7. The largest absolute Gasteiger partial charge is 0.582 e. The zero-order valence-corrected chi connectivity index (χ0v) is 19.4. The van der Waals surface area contributed by atoms with E-state index in [4.69, 9.17) is 28.7 Å². The number of aromatic nitrogens is 2. The van der Waals surface area contributed by atoms with Gasteiger partial charge >= 0.3 is 32.6 Å². The SMILES string of the molecule is CO[C@H]1C(O[P+](=O)S)C(COP(=O)(O)N(CC(=O)O)CC(=O)O)O[C@H]1n1ccc(=O)[nH]c1=O. The van der Waals surface area contributed by atoms with Crippen molar-refractivity contribution in [2.45, 2.75) is 24.5 Å². The third-order valence-corrected chi connectivity index (χ3v) is 6.48. The van der Waals surface area contributed by atoms with E-state index in [2.05, 4.69) is 12.2 Å². The maximum Gasteiger partial charge on any atom is 0.582 e. The first-order chi connectivity index (χ1) is 15.4. The lowest BCUT2D eigenvalue weighted by molar-refractivity contribution is -0.140. The molecule has 0 aromatic carbocycles. The number of nitrogens with zero attached hydrogens (tertiary/aromatic N) is 2. The van der Waals surface area contributed by atoms with Gasteiger partial charge in [-0.2, -0.15) is 4.67 Å². The molecule has 1 fully saturated rings. The summed E-state index contributed by atoms with van der Waals surface area (Å²) in [6, 6.07) is 1.02. The van der Waals surface area contributed by atoms with Crippen LogP contribution in [0.4, 0.5) is 0 Å². The van der Waals surface area contributed by atoms with E-state index in [0.29, 0.717) is 0 Å². The molecule has 0 radical (unpaired) electrons. The molecule has 4 N–H and O–H groups in total. The molecular weight excluding hydrogens is 512 g/mol. The molecule has 1 aromatic heterocycles. The summed E-state index contributed by atoms with van der Waals surface area (Å²) in [4.78, 5) is 57.5. The molecule has 1 aromatic rings. The zero-order chi connectivity index (χ0) is 24.9. The van der Waals surface area contributed by atoms with E-state index in [9.17, 15) is 33.2 Å². The van der Waals surface area contributed by atoms with Crippen molar-refractivity contribution < 1.29 is 52.3 Å². The Balaban J connectivity index is 2.30. The Morgan fingerprint density at radius 1 is 1.30 bits per heavy atom. The fourth-order valence-corrected chi connectivity index (χ4v) is 4.87. The summed E-state index contributed by atoms with van der Waals surface area (Å²) >= 11 is 3.65. The van der Waals surface area contributed by atoms with Crippen LogP contribution in [0, 0.1) is 0 Å². The first kappa shape index (κ1) is 27.3. The second-order valence-corrected chi connectivity index (χ2v) is 9.96. The van der Waals surface area contributed by atoms with Crippen molar-refractivity contribution in [2.75, 3.05) is 26.8 Å². The van der Waals surface area contributed by atoms with Gasteiger partial charge in [0.05, 0.1) is 6.61 Å². The highest BCUT2D eigenvalue weighted by Crippen LogP contribution is 2.48. The average molecular weight is 532 g/mol. The first-order valence-electron chi connectivity index (χ1n) is 8.84. The number of aliphatic carboxylic acids is 2. The van der Waals surface area contributed by atoms with Gasteiger partial charge in [-0.1, -0.05) is 0 Å². The van der Waals surface area contributed by atoms with Crippen LogP contribution in [0.25, 0.3) is 0 Å². The van der Waals surface area contributed by atoms with Gasteiger partial charge in [0.15, 0.2) is 12.3 Å². The molecule has 19 heteroatoms. The molecule has 0 saturated carbocycles. The molecule has 33 heavy (non-hydrogen) atoms. The summed E-state index contributed by atoms with van der Waals surface area (Å²) in [6.45, 7) is -3.03. The minimum atomic E-state index is -4.97. The third-order valence-electron chi connectivity index (χ3n) is 4.29. The molecule has 1 saturated heterocycles. The predicted octanol–water partition coefficient (Wildman–Crippen LogP) is -0.990. The lowest BCUT2D eigenvalue weighted by Crippen LogP contribution is -2.39. The highest BCUT2D eigenvalue weighted by Gasteiger charge is 2.52. The number of thiol groups is 1. The van der Waals surface area contributed by atoms with Crippen molar-refractivity contribution in [1.29, 1.82) is 0 Å². The van der Waals surface area contributed by atoms with Gasteiger partial charge in [0.2, 0.25) is 0 Å². The van der Waals surface area contributed by atoms with Crippen molar-refractivity contribution in [3.8, 4) is 0 Å². The molecule has 0 aliphatic carbocycles. The number of hydrogen-bond acceptors (Lipinski definition) is 10. The normalized spacial score (nSPS) is 25.0. The number of carboxylic acid groups (broad SMARTS) is 2. The van der Waals surface area contributed by atoms with E-state index in [1.807, 2.05) is 4.98 Å². The van der Waals surface area contributed by atoms with Gasteiger partial charge < -0.3 is 24.6 Å². The molecule has 2 rings (SSSR count). The van der Waals surface area contributed by atoms with E-state index in [0.717, 1.165) is 16.8 Å². The van der Waals surface area contributed by atoms with Crippen molar-refractivity contribution >= 4 is 39.2 Å². The summed E-state index contributed by atoms with van der Waals surface area (Å²) in [5.41, 5.74) is -1.57. The number of hydrogen-bond donors (Lipinski definition) is 5. The quantitative estimate of drug-likeness (QED) is 0.161. The lowest BCUT2D eigenvalue weighted by Gasteiger charge is -2.25. The number of carbonyl (C=O) groups is 2. The molecule has 0 amide bonds. The van der Waals surface area contributed by atoms with Gasteiger partial charge in [-0.05, 0) is 4.57 Å². The monoisotopic (exact) mass is 532 g/mol. The highest BCUT2D eigenvalue weighted by atomic mass is 32.7. The van der Waals surface area contributed by atoms with Crippen molar-refractivity contribution in [3.05, 3.63) is 33.1 Å². The molecule has 184 valence electrons. The smallest absolute Gasteiger partial charge is 0.480 e. The number of ether oxygens (including phenoxy) is 2. The van der Waals surface area contributed by atoms with E-state index in [1.165, 1.54) is 7.11 Å². The fraction of sp³-hybridized carbons (Fsp3) is 0.571. The topological polar surface area (TPSA) is 224 Å². The Labute approximate surface area is 190 Å². The van der Waals surface area contributed by atoms with Gasteiger partial charge in [-0.3, -0.25) is 28.5 Å². The Bertz CT molecular complexity index is 1050. The molecule has 16 nitrogen and oxygen atoms in total. The Hall–Kier alpha value is -1.94. The minimum Gasteiger partial charge on any atom is -0.480 e. The zero-order valence-electron chi connectivity index (χ0n) is 16.7. The van der Waals surface area contributed by atoms with E-state index in [1.54, 1.807) is 0 Å². The predicted molar refractivity (Wildman–Crippen MR) is 110 cm³/mol. The van der Waals surface area contributed by atoms with Crippen LogP contribution in [0.2, 0.25) is 0 Å². The van der Waals surface area contributed by atoms with E-state index < -0.39 is 82.4 Å². The number of aromatic amines is 1. The van der Waals surface area contributed by atoms with Crippen LogP contribution in [0.15, 0.2) is 21.9 Å². The second kappa shape index (κ2) is 11.5. The lowest BCUT2D eigenvalue weighted by atomic mass is 10.1. The van der Waals surface area contributed by atoms with Crippen molar-refractivity contribution in [1.82, 2.24) is 14.2 Å². The molecule has 0 spiro atoms. The van der Waals surface area contributed by atoms with Gasteiger partial charge in [0, 0.05) is 19.4 Å². The van der Waals surface area contributed by atoms with Crippen LogP contribution in [0.1, 0.15) is 6.23 Å². The number of carboxylic acids is 2. The van der Waals surface area contributed by atoms with Crippen LogP contribution in [0.3, 0.4) is 0 Å². The molecule has 4 unspecified atom stereocenters. The standard InChI is InChI=1S/C14H19N3O13P2S/c1-27-12-11(30-31(24)33)7(29-13(12)17-3-2-8(18)15-14(17)23)6-28-32(25,26)16(4-9(19)20)5-10(21)22/h2-3,7,11-13H,4-6H2,1H3,(H4-,15,18,19,20,21,22,23,24,25,26,33)/p+1/t7?,11?,12-,13+/m0/s1. The number of H-pyrrole nitrogens is 1. The van der Waals surface area contributed by atoms with Crippen LogP contribution in [-0.2, 0) is 37.2 Å². The Kier molecular flexibility index (Phi) is 9.48. The Morgan fingerprint density at radius 3 is 2.39 bits per heavy atom. The van der Waals surface area contributed by atoms with Gasteiger partial charge in [0.1, 0.15) is 37.5 Å². The summed E-state index contributed by atoms with van der Waals surface area (Å²) < 4.78 is 46.2. The third kappa shape index (κ3) is 7.27. The van der Waals surface area contributed by atoms with Gasteiger partial charge in [0.25, 0.3) is 5.56 Å². The van der Waals surface area contributed by atoms with Crippen LogP contribution in [-0.4, -0.2) is 86.4 Å². The molecule has 2 heterocycles. The van der Waals surface area contributed by atoms with Gasteiger partial charge in [-0.15, -0.1) is 4.52 Å². The second-order valence-electron chi connectivity index (χ2n) is 6.49. The number of rotatable bonds is 12. The molecule has 6 atom stereocenters. The summed E-state index contributed by atoms with van der Waals surface area (Å²) in [6.07, 6.45) is -3.90. The van der Waals surface area contributed by atoms with Gasteiger partial charge in [-0.25, -0.2) is 9.36 Å². The van der Waals surface area contributed by atoms with Crippen LogP contribution in [0.5, 0.6) is 0 Å². The van der Waals surface area contributed by atoms with Crippen molar-refractivity contribution in [2.24, 2.45) is 0 Å². The molecular formula is C14H20N3O13P2S+. The Morgan fingerprint density at radius 2 is 1.91 bits per heavy atom. The minimum absolute atomic E-state index is 0.194. The maximum absolute atomic E-state index is 12.5. The number of nitrogens with one attached hydrogen (secondary N) is 1. The maximum atomic E-state index is 12.5. The van der Waals surface area contributed by atoms with Crippen LogP contribution < -0.4 is 11.2 Å². The summed E-state index contributed by atoms with van der Waals surface area (Å²) in [5.74, 6) is -3.17. The summed E-state index contributed by atoms with van der Waals surface area (Å²) in [7, 11) is -6.32. The highest BCUT2D eigenvalue weighted by molar-refractivity contribution is 8.39. The molecule has 0 bridgehead atoms. The molecule has 1 aliphatic heterocycles. The van der Waals surface area contributed by atoms with E-state index >= 15 is 0 Å². The van der Waals surface area contributed by atoms with Crippen molar-refractivity contribution in [3.63, 3.8) is 0 Å². The fourth-order valence-electron chi connectivity index (χ4n) is 2.98. The molecule has 1 aliphatic rings. The summed E-state index contributed by atoms with van der Waals surface area (Å²) in [5, 5.41) is 17.7. The van der Waals surface area contributed by atoms with E-state index in [-0.39, 0.29) is 4.67 Å². The van der Waals surface area contributed by atoms with Crippen LogP contribution >= 0.6 is 27.2 Å².